The molecule has 1 aromatic rings. The van der Waals surface area contributed by atoms with Crippen LogP contribution in [-0.2, 0) is 11.3 Å². The highest BCUT2D eigenvalue weighted by Crippen LogP contribution is 2.20. The molecular formula is C18H28N2O. The molecule has 1 aliphatic heterocycles. The summed E-state index contributed by atoms with van der Waals surface area (Å²) in [5.41, 5.74) is 2.52. The minimum Gasteiger partial charge on any atom is -0.372 e. The van der Waals surface area contributed by atoms with E-state index < -0.39 is 0 Å². The number of nitrogens with zero attached hydrogens (tertiary/aromatic N) is 2. The number of carbonyl (C=O) groups is 1. The molecule has 0 atom stereocenters. The third-order valence-corrected chi connectivity index (χ3v) is 4.09. The Morgan fingerprint density at radius 3 is 2.33 bits per heavy atom. The van der Waals surface area contributed by atoms with E-state index in [1.807, 2.05) is 11.9 Å². The molecule has 0 N–H and O–H groups in total. The SMILES string of the molecule is CC(C)CC(=O)N(C)Cc1ccc(N2CCCCC2)cc1. The van der Waals surface area contributed by atoms with Crippen molar-refractivity contribution in [2.45, 2.75) is 46.1 Å². The van der Waals surface area contributed by atoms with E-state index in [2.05, 4.69) is 43.0 Å². The van der Waals surface area contributed by atoms with Gasteiger partial charge < -0.3 is 9.80 Å². The second-order valence-corrected chi connectivity index (χ2v) is 6.56. The number of amides is 1. The molecule has 0 unspecified atom stereocenters. The van der Waals surface area contributed by atoms with Crippen LogP contribution in [0.1, 0.15) is 45.1 Å². The molecule has 1 fully saturated rings. The molecule has 1 amide bonds. The third kappa shape index (κ3) is 4.76. The molecule has 0 radical (unpaired) electrons. The highest BCUT2D eigenvalue weighted by Gasteiger charge is 2.13. The van der Waals surface area contributed by atoms with Crippen LogP contribution in [0.2, 0.25) is 0 Å². The van der Waals surface area contributed by atoms with Crippen molar-refractivity contribution in [2.75, 3.05) is 25.0 Å². The fourth-order valence-electron chi connectivity index (χ4n) is 2.83. The molecule has 116 valence electrons. The van der Waals surface area contributed by atoms with Gasteiger partial charge in [0.2, 0.25) is 5.91 Å². The number of anilines is 1. The number of piperidine rings is 1. The first-order valence-corrected chi connectivity index (χ1v) is 8.14. The van der Waals surface area contributed by atoms with Crippen LogP contribution in [0.4, 0.5) is 5.69 Å². The van der Waals surface area contributed by atoms with Crippen LogP contribution in [-0.4, -0.2) is 30.9 Å². The van der Waals surface area contributed by atoms with Gasteiger partial charge in [-0.25, -0.2) is 0 Å². The Hall–Kier alpha value is -1.51. The number of carbonyl (C=O) groups excluding carboxylic acids is 1. The van der Waals surface area contributed by atoms with Gasteiger partial charge in [-0.1, -0.05) is 26.0 Å². The van der Waals surface area contributed by atoms with Crippen LogP contribution in [0, 0.1) is 5.92 Å². The molecule has 1 aliphatic rings. The van der Waals surface area contributed by atoms with E-state index in [1.165, 1.54) is 43.6 Å². The van der Waals surface area contributed by atoms with E-state index in [0.717, 1.165) is 0 Å². The maximum Gasteiger partial charge on any atom is 0.222 e. The van der Waals surface area contributed by atoms with E-state index in [4.69, 9.17) is 0 Å². The highest BCUT2D eigenvalue weighted by molar-refractivity contribution is 5.76. The van der Waals surface area contributed by atoms with Crippen molar-refractivity contribution in [3.63, 3.8) is 0 Å². The largest absolute Gasteiger partial charge is 0.372 e. The van der Waals surface area contributed by atoms with Gasteiger partial charge in [-0.05, 0) is 42.9 Å². The zero-order valence-corrected chi connectivity index (χ0v) is 13.6. The maximum absolute atomic E-state index is 12.0. The van der Waals surface area contributed by atoms with Gasteiger partial charge in [-0.2, -0.15) is 0 Å². The lowest BCUT2D eigenvalue weighted by Gasteiger charge is -2.29. The molecule has 0 aromatic heterocycles. The second-order valence-electron chi connectivity index (χ2n) is 6.56. The normalized spacial score (nSPS) is 15.3. The molecule has 3 heteroatoms. The van der Waals surface area contributed by atoms with E-state index in [0.29, 0.717) is 18.9 Å². The molecule has 1 aromatic carbocycles. The molecule has 0 spiro atoms. The fourth-order valence-corrected chi connectivity index (χ4v) is 2.83. The van der Waals surface area contributed by atoms with Crippen molar-refractivity contribution < 1.29 is 4.79 Å². The van der Waals surface area contributed by atoms with E-state index in [-0.39, 0.29) is 5.91 Å². The summed E-state index contributed by atoms with van der Waals surface area (Å²) in [6.07, 6.45) is 4.59. The van der Waals surface area contributed by atoms with Crippen LogP contribution < -0.4 is 4.90 Å². The van der Waals surface area contributed by atoms with Gasteiger partial charge in [0.25, 0.3) is 0 Å². The lowest BCUT2D eigenvalue weighted by molar-refractivity contribution is -0.131. The van der Waals surface area contributed by atoms with Crippen molar-refractivity contribution in [3.05, 3.63) is 29.8 Å². The Bertz CT molecular complexity index is 447. The van der Waals surface area contributed by atoms with Gasteiger partial charge in [-0.15, -0.1) is 0 Å². The van der Waals surface area contributed by atoms with Crippen molar-refractivity contribution in [3.8, 4) is 0 Å². The van der Waals surface area contributed by atoms with Gasteiger partial charge in [-0.3, -0.25) is 4.79 Å². The standard InChI is InChI=1S/C18H28N2O/c1-15(2)13-18(21)19(3)14-16-7-9-17(10-8-16)20-11-5-4-6-12-20/h7-10,15H,4-6,11-14H2,1-3H3. The van der Waals surface area contributed by atoms with Crippen molar-refractivity contribution >= 4 is 11.6 Å². The summed E-state index contributed by atoms with van der Waals surface area (Å²) in [6.45, 7) is 7.21. The summed E-state index contributed by atoms with van der Waals surface area (Å²) in [7, 11) is 1.89. The lowest BCUT2D eigenvalue weighted by atomic mass is 10.1. The van der Waals surface area contributed by atoms with E-state index in [9.17, 15) is 4.79 Å². The lowest BCUT2D eigenvalue weighted by Crippen LogP contribution is -2.29. The fraction of sp³-hybridized carbons (Fsp3) is 0.611. The van der Waals surface area contributed by atoms with Crippen LogP contribution in [0.15, 0.2) is 24.3 Å². The molecule has 1 heterocycles. The van der Waals surface area contributed by atoms with E-state index >= 15 is 0 Å². The minimum atomic E-state index is 0.227. The Balaban J connectivity index is 1.91. The summed E-state index contributed by atoms with van der Waals surface area (Å²) >= 11 is 0. The first kappa shape index (κ1) is 15.9. The maximum atomic E-state index is 12.0. The monoisotopic (exact) mass is 288 g/mol. The van der Waals surface area contributed by atoms with Crippen LogP contribution >= 0.6 is 0 Å². The average Bonchev–Trinajstić information content (AvgIpc) is 2.48. The first-order chi connectivity index (χ1) is 10.1. The Labute approximate surface area is 128 Å². The van der Waals surface area contributed by atoms with Gasteiger partial charge in [0.1, 0.15) is 0 Å². The van der Waals surface area contributed by atoms with Crippen LogP contribution in [0.5, 0.6) is 0 Å². The first-order valence-electron chi connectivity index (χ1n) is 8.14. The predicted molar refractivity (Wildman–Crippen MR) is 88.4 cm³/mol. The highest BCUT2D eigenvalue weighted by atomic mass is 16.2. The van der Waals surface area contributed by atoms with E-state index in [1.54, 1.807) is 0 Å². The molecule has 3 nitrogen and oxygen atoms in total. The summed E-state index contributed by atoms with van der Waals surface area (Å²) in [5, 5.41) is 0. The topological polar surface area (TPSA) is 23.6 Å². The van der Waals surface area contributed by atoms with Crippen molar-refractivity contribution in [1.29, 1.82) is 0 Å². The second kappa shape index (κ2) is 7.48. The summed E-state index contributed by atoms with van der Waals surface area (Å²) in [4.78, 5) is 16.3. The average molecular weight is 288 g/mol. The van der Waals surface area contributed by atoms with Gasteiger partial charge in [0, 0.05) is 38.8 Å². The minimum absolute atomic E-state index is 0.227. The molecule has 1 saturated heterocycles. The zero-order chi connectivity index (χ0) is 15.2. The Morgan fingerprint density at radius 1 is 1.14 bits per heavy atom. The number of benzene rings is 1. The molecule has 2 rings (SSSR count). The van der Waals surface area contributed by atoms with Gasteiger partial charge in [0.15, 0.2) is 0 Å². The predicted octanol–water partition coefficient (Wildman–Crippen LogP) is 3.68. The summed E-state index contributed by atoms with van der Waals surface area (Å²) in [5.74, 6) is 0.645. The molecule has 0 bridgehead atoms. The molecule has 0 aliphatic carbocycles. The zero-order valence-electron chi connectivity index (χ0n) is 13.6. The smallest absolute Gasteiger partial charge is 0.222 e. The molecular weight excluding hydrogens is 260 g/mol. The summed E-state index contributed by atoms with van der Waals surface area (Å²) < 4.78 is 0. The number of hydrogen-bond acceptors (Lipinski definition) is 2. The number of hydrogen-bond donors (Lipinski definition) is 0. The van der Waals surface area contributed by atoms with Crippen molar-refractivity contribution in [2.24, 2.45) is 5.92 Å². The quantitative estimate of drug-likeness (QED) is 0.825. The third-order valence-electron chi connectivity index (χ3n) is 4.09. The number of rotatable bonds is 5. The Morgan fingerprint density at radius 2 is 1.76 bits per heavy atom. The summed E-state index contributed by atoms with van der Waals surface area (Å²) in [6, 6.07) is 8.70. The van der Waals surface area contributed by atoms with Gasteiger partial charge in [0.05, 0.1) is 0 Å². The molecule has 21 heavy (non-hydrogen) atoms. The molecule has 0 saturated carbocycles. The van der Waals surface area contributed by atoms with Crippen LogP contribution in [0.25, 0.3) is 0 Å². The Kier molecular flexibility index (Phi) is 5.66. The van der Waals surface area contributed by atoms with Gasteiger partial charge >= 0.3 is 0 Å². The van der Waals surface area contributed by atoms with Crippen molar-refractivity contribution in [1.82, 2.24) is 4.90 Å². The van der Waals surface area contributed by atoms with Crippen LogP contribution in [0.3, 0.4) is 0 Å².